The van der Waals surface area contributed by atoms with Crippen molar-refractivity contribution >= 4 is 0 Å². The van der Waals surface area contributed by atoms with Gasteiger partial charge in [0.2, 0.25) is 0 Å². The lowest BCUT2D eigenvalue weighted by atomic mass is 9.75. The van der Waals surface area contributed by atoms with Crippen LogP contribution in [0.3, 0.4) is 0 Å². The molecule has 1 N–H and O–H groups in total. The Hall–Kier alpha value is -0.900. The topological polar surface area (TPSA) is 42.7 Å². The highest BCUT2D eigenvalue weighted by Gasteiger charge is 2.29. The lowest BCUT2D eigenvalue weighted by Crippen LogP contribution is -2.39. The number of nitrogens with one attached hydrogen (secondary N) is 1. The van der Waals surface area contributed by atoms with Gasteiger partial charge in [-0.25, -0.2) is 0 Å². The van der Waals surface area contributed by atoms with Crippen molar-refractivity contribution in [2.75, 3.05) is 0 Å². The number of rotatable bonds is 3. The first-order valence-corrected chi connectivity index (χ1v) is 6.58. The van der Waals surface area contributed by atoms with Gasteiger partial charge in [0.15, 0.2) is 0 Å². The van der Waals surface area contributed by atoms with Gasteiger partial charge in [0.25, 0.3) is 0 Å². The lowest BCUT2D eigenvalue weighted by Gasteiger charge is -2.36. The van der Waals surface area contributed by atoms with E-state index in [0.717, 1.165) is 5.82 Å². The van der Waals surface area contributed by atoms with Crippen molar-refractivity contribution in [2.24, 2.45) is 12.5 Å². The van der Waals surface area contributed by atoms with E-state index in [0.29, 0.717) is 11.5 Å². The molecule has 4 nitrogen and oxygen atoms in total. The van der Waals surface area contributed by atoms with E-state index in [1.54, 1.807) is 6.33 Å². The number of aryl methyl sites for hydroxylation is 1. The molecule has 1 aromatic rings. The summed E-state index contributed by atoms with van der Waals surface area (Å²) in [6.07, 6.45) is 6.98. The fourth-order valence-electron chi connectivity index (χ4n) is 2.95. The Balaban J connectivity index is 1.95. The van der Waals surface area contributed by atoms with Crippen molar-refractivity contribution in [3.63, 3.8) is 0 Å². The number of aromatic nitrogens is 3. The second-order valence-corrected chi connectivity index (χ2v) is 6.15. The van der Waals surface area contributed by atoms with E-state index in [9.17, 15) is 0 Å². The predicted molar refractivity (Wildman–Crippen MR) is 68.6 cm³/mol. The molecule has 1 saturated carbocycles. The van der Waals surface area contributed by atoms with Gasteiger partial charge in [0, 0.05) is 13.1 Å². The van der Waals surface area contributed by atoms with Crippen molar-refractivity contribution in [3.05, 3.63) is 12.2 Å². The van der Waals surface area contributed by atoms with Gasteiger partial charge in [-0.3, -0.25) is 0 Å². The molecule has 0 amide bonds. The van der Waals surface area contributed by atoms with E-state index in [1.807, 2.05) is 11.6 Å². The maximum atomic E-state index is 4.17. The van der Waals surface area contributed by atoms with Crippen molar-refractivity contribution < 1.29 is 0 Å². The van der Waals surface area contributed by atoms with Crippen LogP contribution in [0.2, 0.25) is 0 Å². The average Bonchev–Trinajstić information content (AvgIpc) is 2.62. The van der Waals surface area contributed by atoms with Crippen molar-refractivity contribution in [2.45, 2.75) is 58.5 Å². The van der Waals surface area contributed by atoms with Gasteiger partial charge in [0.1, 0.15) is 12.2 Å². The van der Waals surface area contributed by atoms with Crippen LogP contribution < -0.4 is 5.32 Å². The third kappa shape index (κ3) is 3.06. The molecule has 1 aliphatic rings. The van der Waals surface area contributed by atoms with Crippen LogP contribution in [-0.4, -0.2) is 20.8 Å². The summed E-state index contributed by atoms with van der Waals surface area (Å²) in [6.45, 7) is 6.91. The van der Waals surface area contributed by atoms with Crippen molar-refractivity contribution in [1.82, 2.24) is 20.1 Å². The minimum atomic E-state index is 0.279. The van der Waals surface area contributed by atoms with Gasteiger partial charge in [-0.2, -0.15) is 0 Å². The van der Waals surface area contributed by atoms with Gasteiger partial charge < -0.3 is 9.88 Å². The van der Waals surface area contributed by atoms with E-state index >= 15 is 0 Å². The van der Waals surface area contributed by atoms with Gasteiger partial charge in [-0.05, 0) is 31.6 Å². The van der Waals surface area contributed by atoms with Gasteiger partial charge in [0.05, 0.1) is 6.04 Å². The summed E-state index contributed by atoms with van der Waals surface area (Å²) < 4.78 is 1.99. The van der Waals surface area contributed by atoms with Crippen LogP contribution in [0.25, 0.3) is 0 Å². The number of nitrogens with zero attached hydrogens (tertiary/aromatic N) is 3. The Kier molecular flexibility index (Phi) is 3.52. The molecule has 4 heteroatoms. The van der Waals surface area contributed by atoms with Crippen LogP contribution in [0.15, 0.2) is 6.33 Å². The van der Waals surface area contributed by atoms with Crippen molar-refractivity contribution in [3.8, 4) is 0 Å². The fraction of sp³-hybridized carbons (Fsp3) is 0.846. The molecule has 0 spiro atoms. The molecule has 17 heavy (non-hydrogen) atoms. The van der Waals surface area contributed by atoms with E-state index in [1.165, 1.54) is 25.7 Å². The Labute approximate surface area is 104 Å². The summed E-state index contributed by atoms with van der Waals surface area (Å²) >= 11 is 0. The highest BCUT2D eigenvalue weighted by molar-refractivity contribution is 4.94. The lowest BCUT2D eigenvalue weighted by molar-refractivity contribution is 0.189. The molecule has 96 valence electrons. The van der Waals surface area contributed by atoms with Crippen LogP contribution in [0.4, 0.5) is 0 Å². The molecular formula is C13H24N4. The minimum Gasteiger partial charge on any atom is -0.319 e. The van der Waals surface area contributed by atoms with E-state index < -0.39 is 0 Å². The van der Waals surface area contributed by atoms with Crippen LogP contribution >= 0.6 is 0 Å². The molecule has 0 aliphatic heterocycles. The molecule has 0 bridgehead atoms. The third-order valence-electron chi connectivity index (χ3n) is 3.82. The molecule has 1 aromatic heterocycles. The standard InChI is InChI=1S/C13H24N4/c1-10(12-16-14-9-17(12)4)15-11-6-5-7-13(2,3)8-11/h9-11,15H,5-8H2,1-4H3. The molecule has 2 atom stereocenters. The van der Waals surface area contributed by atoms with Crippen LogP contribution in [0, 0.1) is 5.41 Å². The summed E-state index contributed by atoms with van der Waals surface area (Å²) in [4.78, 5) is 0. The maximum Gasteiger partial charge on any atom is 0.149 e. The largest absolute Gasteiger partial charge is 0.319 e. The normalized spacial score (nSPS) is 25.8. The number of hydrogen-bond donors (Lipinski definition) is 1. The minimum absolute atomic E-state index is 0.279. The summed E-state index contributed by atoms with van der Waals surface area (Å²) in [5.41, 5.74) is 0.482. The van der Waals surface area contributed by atoms with E-state index in [-0.39, 0.29) is 6.04 Å². The molecule has 1 aliphatic carbocycles. The predicted octanol–water partition coefficient (Wildman–Crippen LogP) is 2.43. The van der Waals surface area contributed by atoms with Crippen LogP contribution in [0.5, 0.6) is 0 Å². The van der Waals surface area contributed by atoms with Crippen LogP contribution in [-0.2, 0) is 7.05 Å². The molecular weight excluding hydrogens is 212 g/mol. The maximum absolute atomic E-state index is 4.17. The first-order valence-electron chi connectivity index (χ1n) is 6.58. The molecule has 0 saturated heterocycles. The number of hydrogen-bond acceptors (Lipinski definition) is 3. The summed E-state index contributed by atoms with van der Waals surface area (Å²) in [6, 6.07) is 0.895. The average molecular weight is 236 g/mol. The molecule has 1 fully saturated rings. The zero-order chi connectivity index (χ0) is 12.5. The third-order valence-corrected chi connectivity index (χ3v) is 3.82. The van der Waals surface area contributed by atoms with Gasteiger partial charge >= 0.3 is 0 Å². The zero-order valence-corrected chi connectivity index (χ0v) is 11.4. The molecule has 1 heterocycles. The Morgan fingerprint density at radius 2 is 2.29 bits per heavy atom. The molecule has 0 radical (unpaired) electrons. The summed E-state index contributed by atoms with van der Waals surface area (Å²) in [7, 11) is 2.00. The zero-order valence-electron chi connectivity index (χ0n) is 11.4. The summed E-state index contributed by atoms with van der Waals surface area (Å²) in [5, 5.41) is 11.8. The van der Waals surface area contributed by atoms with Crippen molar-refractivity contribution in [1.29, 1.82) is 0 Å². The second kappa shape index (κ2) is 4.77. The van der Waals surface area contributed by atoms with Gasteiger partial charge in [-0.1, -0.05) is 20.3 Å². The monoisotopic (exact) mass is 236 g/mol. The Morgan fingerprint density at radius 1 is 1.53 bits per heavy atom. The first kappa shape index (κ1) is 12.6. The quantitative estimate of drug-likeness (QED) is 0.876. The van der Waals surface area contributed by atoms with E-state index in [4.69, 9.17) is 0 Å². The second-order valence-electron chi connectivity index (χ2n) is 6.15. The molecule has 2 unspecified atom stereocenters. The highest BCUT2D eigenvalue weighted by atomic mass is 15.3. The first-order chi connectivity index (χ1) is 7.98. The summed E-state index contributed by atoms with van der Waals surface area (Å²) in [5.74, 6) is 1.02. The molecule has 2 rings (SSSR count). The van der Waals surface area contributed by atoms with Crippen LogP contribution in [0.1, 0.15) is 58.3 Å². The van der Waals surface area contributed by atoms with E-state index in [2.05, 4.69) is 36.3 Å². The fourth-order valence-corrected chi connectivity index (χ4v) is 2.95. The Bertz CT molecular complexity index is 369. The SMILES string of the molecule is CC(NC1CCCC(C)(C)C1)c1nncn1C. The smallest absolute Gasteiger partial charge is 0.149 e. The van der Waals surface area contributed by atoms with Gasteiger partial charge in [-0.15, -0.1) is 10.2 Å². The highest BCUT2D eigenvalue weighted by Crippen LogP contribution is 2.35. The molecule has 0 aromatic carbocycles. The Morgan fingerprint density at radius 3 is 2.88 bits per heavy atom.